The Labute approximate surface area is 125 Å². The van der Waals surface area contributed by atoms with Crippen molar-refractivity contribution in [2.75, 3.05) is 11.5 Å². The van der Waals surface area contributed by atoms with E-state index in [0.717, 1.165) is 21.3 Å². The SMILES string of the molecule is O=C(C=C1SCCCS1)/C=C\c1ccc([N+](=O)[O-])cc1. The van der Waals surface area contributed by atoms with Crippen molar-refractivity contribution in [1.29, 1.82) is 0 Å². The zero-order valence-electron chi connectivity index (χ0n) is 10.7. The van der Waals surface area contributed by atoms with Gasteiger partial charge in [-0.25, -0.2) is 0 Å². The summed E-state index contributed by atoms with van der Waals surface area (Å²) in [5.41, 5.74) is 0.817. The molecule has 0 bridgehead atoms. The number of benzene rings is 1. The number of allylic oxidation sites excluding steroid dienone is 2. The van der Waals surface area contributed by atoms with Gasteiger partial charge in [0.1, 0.15) is 0 Å². The van der Waals surface area contributed by atoms with Gasteiger partial charge in [0.25, 0.3) is 5.69 Å². The molecule has 1 aromatic rings. The maximum Gasteiger partial charge on any atom is 0.269 e. The second-order valence-corrected chi connectivity index (χ2v) is 6.63. The first-order valence-corrected chi connectivity index (χ1v) is 8.06. The van der Waals surface area contributed by atoms with Crippen LogP contribution in [-0.4, -0.2) is 22.2 Å². The van der Waals surface area contributed by atoms with E-state index in [1.807, 2.05) is 0 Å². The van der Waals surface area contributed by atoms with Gasteiger partial charge in [0, 0.05) is 22.4 Å². The van der Waals surface area contributed by atoms with Crippen molar-refractivity contribution in [2.45, 2.75) is 6.42 Å². The summed E-state index contributed by atoms with van der Waals surface area (Å²) in [6.45, 7) is 0. The summed E-state index contributed by atoms with van der Waals surface area (Å²) in [4.78, 5) is 21.8. The number of nitro benzene ring substituents is 1. The predicted molar refractivity (Wildman–Crippen MR) is 84.8 cm³/mol. The molecule has 0 spiro atoms. The summed E-state index contributed by atoms with van der Waals surface area (Å²) < 4.78 is 1.06. The monoisotopic (exact) mass is 307 g/mol. The first-order chi connectivity index (χ1) is 9.65. The van der Waals surface area contributed by atoms with Crippen LogP contribution >= 0.6 is 23.5 Å². The van der Waals surface area contributed by atoms with Gasteiger partial charge in [0.2, 0.25) is 0 Å². The van der Waals surface area contributed by atoms with E-state index in [-0.39, 0.29) is 11.5 Å². The summed E-state index contributed by atoms with van der Waals surface area (Å²) >= 11 is 3.43. The number of nitro groups is 1. The summed E-state index contributed by atoms with van der Waals surface area (Å²) in [5, 5.41) is 10.5. The van der Waals surface area contributed by atoms with E-state index in [4.69, 9.17) is 0 Å². The lowest BCUT2D eigenvalue weighted by Gasteiger charge is -2.11. The molecule has 1 aliphatic rings. The Bertz CT molecular complexity index is 556. The molecule has 0 saturated carbocycles. The van der Waals surface area contributed by atoms with Crippen LogP contribution in [0.5, 0.6) is 0 Å². The Balaban J connectivity index is 1.97. The molecular formula is C14H13NO3S2. The van der Waals surface area contributed by atoms with Gasteiger partial charge in [-0.15, -0.1) is 23.5 Å². The molecule has 0 N–H and O–H groups in total. The van der Waals surface area contributed by atoms with Crippen LogP contribution in [0, 0.1) is 10.1 Å². The lowest BCUT2D eigenvalue weighted by Crippen LogP contribution is -1.94. The molecule has 1 heterocycles. The normalized spacial score (nSPS) is 15.3. The number of non-ortho nitro benzene ring substituents is 1. The van der Waals surface area contributed by atoms with Crippen molar-refractivity contribution in [3.63, 3.8) is 0 Å². The number of thioether (sulfide) groups is 2. The molecule has 0 unspecified atom stereocenters. The Morgan fingerprint density at radius 3 is 2.45 bits per heavy atom. The van der Waals surface area contributed by atoms with Crippen LogP contribution in [-0.2, 0) is 4.79 Å². The minimum absolute atomic E-state index is 0.0469. The largest absolute Gasteiger partial charge is 0.290 e. The molecule has 1 fully saturated rings. The highest BCUT2D eigenvalue weighted by Gasteiger charge is 2.07. The van der Waals surface area contributed by atoms with Gasteiger partial charge in [-0.3, -0.25) is 14.9 Å². The Morgan fingerprint density at radius 2 is 1.85 bits per heavy atom. The molecule has 104 valence electrons. The van der Waals surface area contributed by atoms with Crippen molar-refractivity contribution >= 4 is 41.1 Å². The topological polar surface area (TPSA) is 60.2 Å². The van der Waals surface area contributed by atoms with Crippen LogP contribution in [0.25, 0.3) is 6.08 Å². The molecule has 0 atom stereocenters. The number of nitrogens with zero attached hydrogens (tertiary/aromatic N) is 1. The first-order valence-electron chi connectivity index (χ1n) is 6.09. The van der Waals surface area contributed by atoms with Gasteiger partial charge in [-0.1, -0.05) is 6.08 Å². The molecule has 0 amide bonds. The van der Waals surface area contributed by atoms with Crippen LogP contribution < -0.4 is 0 Å². The zero-order valence-corrected chi connectivity index (χ0v) is 12.3. The van der Waals surface area contributed by atoms with Gasteiger partial charge in [-0.2, -0.15) is 0 Å². The third-order valence-electron chi connectivity index (χ3n) is 2.58. The molecule has 1 aliphatic heterocycles. The third-order valence-corrected chi connectivity index (χ3v) is 5.08. The molecule has 1 aromatic carbocycles. The van der Waals surface area contributed by atoms with Crippen LogP contribution in [0.2, 0.25) is 0 Å². The fourth-order valence-electron chi connectivity index (χ4n) is 1.58. The number of rotatable bonds is 4. The second kappa shape index (κ2) is 7.31. The van der Waals surface area contributed by atoms with Crippen molar-refractivity contribution in [3.05, 3.63) is 56.3 Å². The van der Waals surface area contributed by atoms with E-state index in [9.17, 15) is 14.9 Å². The Morgan fingerprint density at radius 1 is 1.20 bits per heavy atom. The van der Waals surface area contributed by atoms with E-state index < -0.39 is 4.92 Å². The van der Waals surface area contributed by atoms with Gasteiger partial charge in [0.05, 0.1) is 4.92 Å². The highest BCUT2D eigenvalue weighted by molar-refractivity contribution is 8.22. The maximum atomic E-state index is 11.8. The Hall–Kier alpha value is -1.53. The molecule has 20 heavy (non-hydrogen) atoms. The molecule has 0 radical (unpaired) electrons. The minimum Gasteiger partial charge on any atom is -0.290 e. The predicted octanol–water partition coefficient (Wildman–Crippen LogP) is 3.89. The number of carbonyl (C=O) groups is 1. The van der Waals surface area contributed by atoms with Gasteiger partial charge < -0.3 is 0 Å². The van der Waals surface area contributed by atoms with Crippen molar-refractivity contribution in [2.24, 2.45) is 0 Å². The Kier molecular flexibility index (Phi) is 5.43. The molecule has 0 aromatic heterocycles. The summed E-state index contributed by atoms with van der Waals surface area (Å²) in [7, 11) is 0. The molecule has 1 saturated heterocycles. The van der Waals surface area contributed by atoms with E-state index in [1.54, 1.807) is 47.8 Å². The number of ketones is 1. The van der Waals surface area contributed by atoms with Crippen molar-refractivity contribution in [1.82, 2.24) is 0 Å². The van der Waals surface area contributed by atoms with Gasteiger partial charge >= 0.3 is 0 Å². The average Bonchev–Trinajstić information content (AvgIpc) is 2.46. The minimum atomic E-state index is -0.444. The highest BCUT2D eigenvalue weighted by atomic mass is 32.2. The van der Waals surface area contributed by atoms with Crippen LogP contribution in [0.4, 0.5) is 5.69 Å². The fourth-order valence-corrected chi connectivity index (χ4v) is 3.97. The van der Waals surface area contributed by atoms with Gasteiger partial charge in [-0.05, 0) is 41.7 Å². The van der Waals surface area contributed by atoms with E-state index in [1.165, 1.54) is 24.6 Å². The number of hydrogen-bond acceptors (Lipinski definition) is 5. The maximum absolute atomic E-state index is 11.8. The van der Waals surface area contributed by atoms with Crippen LogP contribution in [0.15, 0.2) is 40.7 Å². The third kappa shape index (κ3) is 4.54. The average molecular weight is 307 g/mol. The summed E-state index contributed by atoms with van der Waals surface area (Å²) in [6.07, 6.45) is 5.99. The van der Waals surface area contributed by atoms with Crippen molar-refractivity contribution in [3.8, 4) is 0 Å². The smallest absolute Gasteiger partial charge is 0.269 e. The van der Waals surface area contributed by atoms with Crippen LogP contribution in [0.1, 0.15) is 12.0 Å². The first kappa shape index (κ1) is 14.9. The number of hydrogen-bond donors (Lipinski definition) is 0. The number of carbonyl (C=O) groups excluding carboxylic acids is 1. The van der Waals surface area contributed by atoms with Crippen LogP contribution in [0.3, 0.4) is 0 Å². The molecule has 0 aliphatic carbocycles. The van der Waals surface area contributed by atoms with E-state index in [0.29, 0.717) is 0 Å². The molecule has 4 nitrogen and oxygen atoms in total. The standard InChI is InChI=1S/C14H13NO3S2/c16-13(10-14-19-8-1-9-20-14)7-4-11-2-5-12(6-3-11)15(17)18/h2-7,10H,1,8-9H2/b7-4-. The van der Waals surface area contributed by atoms with Gasteiger partial charge in [0.15, 0.2) is 5.78 Å². The van der Waals surface area contributed by atoms with E-state index >= 15 is 0 Å². The summed E-state index contributed by atoms with van der Waals surface area (Å²) in [5.74, 6) is 2.08. The lowest BCUT2D eigenvalue weighted by molar-refractivity contribution is -0.384. The van der Waals surface area contributed by atoms with Crippen molar-refractivity contribution < 1.29 is 9.72 Å². The van der Waals surface area contributed by atoms with E-state index in [2.05, 4.69) is 0 Å². The second-order valence-electron chi connectivity index (χ2n) is 4.10. The fraction of sp³-hybridized carbons (Fsp3) is 0.214. The molecular weight excluding hydrogens is 294 g/mol. The molecule has 6 heteroatoms. The lowest BCUT2D eigenvalue weighted by atomic mass is 10.2. The quantitative estimate of drug-likeness (QED) is 0.480. The summed E-state index contributed by atoms with van der Waals surface area (Å²) in [6, 6.07) is 6.10. The zero-order chi connectivity index (χ0) is 14.4. The highest BCUT2D eigenvalue weighted by Crippen LogP contribution is 2.34. The molecule has 2 rings (SSSR count).